The molecule has 1 aromatic heterocycles. The number of hydrogen-bond acceptors (Lipinski definition) is 5. The third kappa shape index (κ3) is 3.49. The molecule has 1 fully saturated rings. The molecule has 0 aliphatic carbocycles. The summed E-state index contributed by atoms with van der Waals surface area (Å²) in [4.78, 5) is 48.1. The highest BCUT2D eigenvalue weighted by Gasteiger charge is 2.38. The molecule has 1 saturated heterocycles. The van der Waals surface area contributed by atoms with Crippen LogP contribution in [0.3, 0.4) is 0 Å². The number of fused-ring (bicyclic) bond motifs is 1. The van der Waals surface area contributed by atoms with Crippen LogP contribution in [0.2, 0.25) is 0 Å². The van der Waals surface area contributed by atoms with E-state index < -0.39 is 12.1 Å². The Labute approximate surface area is 162 Å². The number of benzene rings is 1. The smallest absolute Gasteiger partial charge is 0.410 e. The highest BCUT2D eigenvalue weighted by Crippen LogP contribution is 2.23. The Hall–Kier alpha value is -3.16. The van der Waals surface area contributed by atoms with E-state index >= 15 is 0 Å². The number of hydrogen-bond donors (Lipinski definition) is 1. The minimum absolute atomic E-state index is 0.197. The fourth-order valence-electron chi connectivity index (χ4n) is 3.78. The molecule has 0 radical (unpaired) electrons. The SMILES string of the molecule is Cc1nc2c(c(=O)[nH]1)CN(C(=O)C(Cc1ccccc1)N1CCCOC1=O)C2. The van der Waals surface area contributed by atoms with Crippen molar-refractivity contribution in [1.82, 2.24) is 19.8 Å². The Morgan fingerprint density at radius 2 is 2.04 bits per heavy atom. The van der Waals surface area contributed by atoms with Crippen molar-refractivity contribution in [3.05, 3.63) is 63.3 Å². The van der Waals surface area contributed by atoms with Crippen LogP contribution in [0.25, 0.3) is 0 Å². The monoisotopic (exact) mass is 382 g/mol. The summed E-state index contributed by atoms with van der Waals surface area (Å²) < 4.78 is 5.17. The minimum atomic E-state index is -0.676. The van der Waals surface area contributed by atoms with Gasteiger partial charge in [0.1, 0.15) is 11.9 Å². The van der Waals surface area contributed by atoms with Gasteiger partial charge in [-0.3, -0.25) is 14.5 Å². The normalized spacial score (nSPS) is 17.2. The number of aromatic nitrogens is 2. The zero-order valence-electron chi connectivity index (χ0n) is 15.7. The van der Waals surface area contributed by atoms with Crippen LogP contribution in [-0.2, 0) is 29.0 Å². The van der Waals surface area contributed by atoms with Crippen LogP contribution in [0.15, 0.2) is 35.1 Å². The first-order valence-electron chi connectivity index (χ1n) is 9.37. The summed E-state index contributed by atoms with van der Waals surface area (Å²) in [5.41, 5.74) is 1.88. The van der Waals surface area contributed by atoms with E-state index in [4.69, 9.17) is 4.74 Å². The molecule has 1 unspecified atom stereocenters. The van der Waals surface area contributed by atoms with Gasteiger partial charge in [0.05, 0.1) is 31.0 Å². The Bertz CT molecular complexity index is 956. The van der Waals surface area contributed by atoms with Gasteiger partial charge in [0.2, 0.25) is 5.91 Å². The molecule has 1 atom stereocenters. The molecule has 1 N–H and O–H groups in total. The van der Waals surface area contributed by atoms with Gasteiger partial charge in [0, 0.05) is 13.0 Å². The van der Waals surface area contributed by atoms with Crippen molar-refractivity contribution in [3.63, 3.8) is 0 Å². The van der Waals surface area contributed by atoms with Crippen molar-refractivity contribution in [2.45, 2.75) is 38.9 Å². The average Bonchev–Trinajstić information content (AvgIpc) is 3.11. The third-order valence-electron chi connectivity index (χ3n) is 5.16. The lowest BCUT2D eigenvalue weighted by atomic mass is 10.0. The van der Waals surface area contributed by atoms with Crippen LogP contribution in [0, 0.1) is 6.92 Å². The maximum Gasteiger partial charge on any atom is 0.410 e. The van der Waals surface area contributed by atoms with Crippen LogP contribution in [-0.4, -0.2) is 51.0 Å². The molecule has 2 aliphatic rings. The van der Waals surface area contributed by atoms with E-state index in [0.717, 1.165) is 5.56 Å². The van der Waals surface area contributed by atoms with E-state index in [1.807, 2.05) is 30.3 Å². The maximum absolute atomic E-state index is 13.4. The van der Waals surface area contributed by atoms with Gasteiger partial charge in [-0.1, -0.05) is 30.3 Å². The number of aromatic amines is 1. The number of ether oxygens (including phenoxy) is 1. The van der Waals surface area contributed by atoms with Crippen LogP contribution >= 0.6 is 0 Å². The van der Waals surface area contributed by atoms with E-state index in [9.17, 15) is 14.4 Å². The summed E-state index contributed by atoms with van der Waals surface area (Å²) in [5.74, 6) is 0.330. The summed E-state index contributed by atoms with van der Waals surface area (Å²) in [6.07, 6.45) is 0.610. The van der Waals surface area contributed by atoms with E-state index in [-0.39, 0.29) is 24.6 Å². The van der Waals surface area contributed by atoms with E-state index in [1.54, 1.807) is 11.8 Å². The van der Waals surface area contributed by atoms with Crippen LogP contribution in [0.4, 0.5) is 4.79 Å². The molecule has 0 saturated carbocycles. The van der Waals surface area contributed by atoms with Crippen molar-refractivity contribution in [1.29, 1.82) is 0 Å². The number of cyclic esters (lactones) is 1. The average molecular weight is 382 g/mol. The fourth-order valence-corrected chi connectivity index (χ4v) is 3.78. The summed E-state index contributed by atoms with van der Waals surface area (Å²) in [6.45, 7) is 3.03. The van der Waals surface area contributed by atoms with Gasteiger partial charge in [-0.05, 0) is 18.9 Å². The minimum Gasteiger partial charge on any atom is -0.449 e. The highest BCUT2D eigenvalue weighted by atomic mass is 16.6. The van der Waals surface area contributed by atoms with Gasteiger partial charge < -0.3 is 14.6 Å². The molecule has 1 aromatic carbocycles. The first-order valence-corrected chi connectivity index (χ1v) is 9.37. The molecule has 2 aliphatic heterocycles. The summed E-state index contributed by atoms with van der Waals surface area (Å²) in [7, 11) is 0. The van der Waals surface area contributed by atoms with Crippen molar-refractivity contribution in [3.8, 4) is 0 Å². The second-order valence-electron chi connectivity index (χ2n) is 7.14. The summed E-state index contributed by atoms with van der Waals surface area (Å²) >= 11 is 0. The lowest BCUT2D eigenvalue weighted by molar-refractivity contribution is -0.137. The summed E-state index contributed by atoms with van der Waals surface area (Å²) in [6, 6.07) is 8.91. The molecule has 146 valence electrons. The van der Waals surface area contributed by atoms with Crippen molar-refractivity contribution < 1.29 is 14.3 Å². The number of rotatable bonds is 4. The molecule has 2 aromatic rings. The molecule has 8 heteroatoms. The number of nitrogens with one attached hydrogen (secondary N) is 1. The Kier molecular flexibility index (Phi) is 4.85. The molecule has 8 nitrogen and oxygen atoms in total. The third-order valence-corrected chi connectivity index (χ3v) is 5.16. The second kappa shape index (κ2) is 7.46. The quantitative estimate of drug-likeness (QED) is 0.862. The van der Waals surface area contributed by atoms with Crippen molar-refractivity contribution in [2.75, 3.05) is 13.2 Å². The number of carbonyl (C=O) groups is 2. The molecule has 4 rings (SSSR count). The van der Waals surface area contributed by atoms with Gasteiger partial charge in [0.25, 0.3) is 5.56 Å². The topological polar surface area (TPSA) is 95.6 Å². The lowest BCUT2D eigenvalue weighted by Crippen LogP contribution is -2.53. The fraction of sp³-hybridized carbons (Fsp3) is 0.400. The first kappa shape index (κ1) is 18.2. The molecule has 0 spiro atoms. The predicted octanol–water partition coefficient (Wildman–Crippen LogP) is 1.37. The lowest BCUT2D eigenvalue weighted by Gasteiger charge is -2.35. The summed E-state index contributed by atoms with van der Waals surface area (Å²) in [5, 5.41) is 0. The zero-order chi connectivity index (χ0) is 19.7. The van der Waals surface area contributed by atoms with Crippen molar-refractivity contribution >= 4 is 12.0 Å². The van der Waals surface area contributed by atoms with Crippen LogP contribution in [0.5, 0.6) is 0 Å². The van der Waals surface area contributed by atoms with E-state index in [1.165, 1.54) is 4.90 Å². The van der Waals surface area contributed by atoms with Crippen LogP contribution in [0.1, 0.15) is 29.1 Å². The molecule has 28 heavy (non-hydrogen) atoms. The number of H-pyrrole nitrogens is 1. The number of aryl methyl sites for hydroxylation is 1. The van der Waals surface area contributed by atoms with Gasteiger partial charge in [-0.25, -0.2) is 9.78 Å². The molecule has 3 heterocycles. The molecule has 0 bridgehead atoms. The van der Waals surface area contributed by atoms with Gasteiger partial charge in [-0.2, -0.15) is 0 Å². The molecular formula is C20H22N4O4. The Balaban J connectivity index is 1.61. The highest BCUT2D eigenvalue weighted by molar-refractivity contribution is 5.86. The van der Waals surface area contributed by atoms with E-state index in [2.05, 4.69) is 9.97 Å². The molecular weight excluding hydrogens is 360 g/mol. The maximum atomic E-state index is 13.4. The van der Waals surface area contributed by atoms with Gasteiger partial charge >= 0.3 is 6.09 Å². The second-order valence-corrected chi connectivity index (χ2v) is 7.14. The Morgan fingerprint density at radius 1 is 1.25 bits per heavy atom. The number of carbonyl (C=O) groups excluding carboxylic acids is 2. The van der Waals surface area contributed by atoms with Gasteiger partial charge in [0.15, 0.2) is 0 Å². The van der Waals surface area contributed by atoms with Crippen LogP contribution < -0.4 is 5.56 Å². The molecule has 2 amide bonds. The predicted molar refractivity (Wildman–Crippen MR) is 100 cm³/mol. The zero-order valence-corrected chi connectivity index (χ0v) is 15.7. The largest absolute Gasteiger partial charge is 0.449 e. The van der Waals surface area contributed by atoms with Crippen molar-refractivity contribution in [2.24, 2.45) is 0 Å². The van der Waals surface area contributed by atoms with E-state index in [0.29, 0.717) is 43.1 Å². The standard InChI is InChI=1S/C20H22N4O4/c1-13-21-16-12-23(11-15(16)18(25)22-13)19(26)17(10-14-6-3-2-4-7-14)24-8-5-9-28-20(24)27/h2-4,6-7,17H,5,8-12H2,1H3,(H,21,22,25). The number of amides is 2. The first-order chi connectivity index (χ1) is 13.5. The van der Waals surface area contributed by atoms with Gasteiger partial charge in [-0.15, -0.1) is 0 Å². The number of nitrogens with zero attached hydrogens (tertiary/aromatic N) is 3. The Morgan fingerprint density at radius 3 is 2.79 bits per heavy atom.